The van der Waals surface area contributed by atoms with E-state index in [-0.39, 0.29) is 12.0 Å². The first-order valence-corrected chi connectivity index (χ1v) is 8.19. The van der Waals surface area contributed by atoms with E-state index in [9.17, 15) is 20.0 Å². The first-order chi connectivity index (χ1) is 12.7. The number of benzene rings is 2. The van der Waals surface area contributed by atoms with Crippen LogP contribution in [0.15, 0.2) is 47.6 Å². The van der Waals surface area contributed by atoms with Gasteiger partial charge in [0, 0.05) is 11.6 Å². The first kappa shape index (κ1) is 19.9. The van der Waals surface area contributed by atoms with Gasteiger partial charge in [-0.05, 0) is 35.2 Å². The van der Waals surface area contributed by atoms with Crippen molar-refractivity contribution in [3.63, 3.8) is 0 Å². The molecule has 0 aromatic heterocycles. The summed E-state index contributed by atoms with van der Waals surface area (Å²) in [5.74, 6) is -0.345. The average molecular weight is 371 g/mol. The Labute approximate surface area is 156 Å². The van der Waals surface area contributed by atoms with Gasteiger partial charge in [-0.25, -0.2) is 5.43 Å². The highest BCUT2D eigenvalue weighted by Crippen LogP contribution is 2.25. The second-order valence-corrected chi connectivity index (χ2v) is 6.86. The Morgan fingerprint density at radius 1 is 1.26 bits per heavy atom. The summed E-state index contributed by atoms with van der Waals surface area (Å²) in [5, 5.41) is 23.9. The second-order valence-electron chi connectivity index (χ2n) is 6.86. The molecule has 27 heavy (non-hydrogen) atoms. The van der Waals surface area contributed by atoms with E-state index >= 15 is 0 Å². The Balaban J connectivity index is 1.87. The number of phenolic OH excluding ortho intramolecular Hbond substituents is 1. The molecule has 2 rings (SSSR count). The van der Waals surface area contributed by atoms with Gasteiger partial charge in [-0.2, -0.15) is 5.10 Å². The van der Waals surface area contributed by atoms with Crippen LogP contribution in [-0.4, -0.2) is 28.8 Å². The number of rotatable bonds is 6. The van der Waals surface area contributed by atoms with Crippen LogP contribution in [-0.2, 0) is 10.2 Å². The molecule has 0 aliphatic carbocycles. The van der Waals surface area contributed by atoms with Crippen LogP contribution in [0.25, 0.3) is 0 Å². The highest BCUT2D eigenvalue weighted by Gasteiger charge is 2.14. The summed E-state index contributed by atoms with van der Waals surface area (Å²) < 4.78 is 5.40. The van der Waals surface area contributed by atoms with Crippen molar-refractivity contribution in [2.45, 2.75) is 26.2 Å². The van der Waals surface area contributed by atoms with Gasteiger partial charge in [0.2, 0.25) is 0 Å². The van der Waals surface area contributed by atoms with Crippen LogP contribution in [0.3, 0.4) is 0 Å². The molecule has 2 aromatic rings. The predicted octanol–water partition coefficient (Wildman–Crippen LogP) is 3.13. The maximum Gasteiger partial charge on any atom is 0.311 e. The van der Waals surface area contributed by atoms with Gasteiger partial charge in [-0.3, -0.25) is 14.9 Å². The molecule has 2 aromatic carbocycles. The highest BCUT2D eigenvalue weighted by molar-refractivity contribution is 5.84. The number of carbonyl (C=O) groups excluding carboxylic acids is 1. The quantitative estimate of drug-likeness (QED) is 0.460. The molecule has 2 N–H and O–H groups in total. The second kappa shape index (κ2) is 8.31. The normalized spacial score (nSPS) is 11.4. The number of carbonyl (C=O) groups is 1. The monoisotopic (exact) mass is 371 g/mol. The third-order valence-corrected chi connectivity index (χ3v) is 3.69. The van der Waals surface area contributed by atoms with Crippen molar-refractivity contribution >= 4 is 17.8 Å². The van der Waals surface area contributed by atoms with Crippen LogP contribution in [0.4, 0.5) is 5.69 Å². The molecule has 0 fully saturated rings. The molecule has 0 bridgehead atoms. The number of phenols is 1. The topological polar surface area (TPSA) is 114 Å². The van der Waals surface area contributed by atoms with Crippen LogP contribution in [0, 0.1) is 10.1 Å². The van der Waals surface area contributed by atoms with Crippen molar-refractivity contribution < 1.29 is 19.6 Å². The number of ether oxygens (including phenoxy) is 1. The number of nitro groups is 1. The summed E-state index contributed by atoms with van der Waals surface area (Å²) >= 11 is 0. The minimum atomic E-state index is -0.704. The summed E-state index contributed by atoms with van der Waals surface area (Å²) in [7, 11) is 0. The van der Waals surface area contributed by atoms with Crippen LogP contribution in [0.2, 0.25) is 0 Å². The zero-order valence-corrected chi connectivity index (χ0v) is 15.3. The summed E-state index contributed by atoms with van der Waals surface area (Å²) in [6, 6.07) is 11.3. The molecule has 0 aliphatic rings. The van der Waals surface area contributed by atoms with E-state index in [1.807, 2.05) is 12.1 Å². The lowest BCUT2D eigenvalue weighted by atomic mass is 9.87. The molecule has 1 amide bonds. The van der Waals surface area contributed by atoms with Gasteiger partial charge in [0.1, 0.15) is 5.75 Å². The SMILES string of the molecule is CC(C)(C)c1ccc(OCC(=O)NN=Cc2ccc(O)c([N+](=O)[O-])c2)cc1. The fourth-order valence-corrected chi connectivity index (χ4v) is 2.18. The minimum absolute atomic E-state index is 0.0356. The number of amides is 1. The van der Waals surface area contributed by atoms with Crippen molar-refractivity contribution in [2.24, 2.45) is 5.10 Å². The summed E-state index contributed by atoms with van der Waals surface area (Å²) in [5.41, 5.74) is 3.39. The number of nitro benzene ring substituents is 1. The smallest absolute Gasteiger partial charge is 0.311 e. The Kier molecular flexibility index (Phi) is 6.12. The molecule has 8 heteroatoms. The van der Waals surface area contributed by atoms with Gasteiger partial charge in [0.05, 0.1) is 11.1 Å². The van der Waals surface area contributed by atoms with Crippen LogP contribution >= 0.6 is 0 Å². The largest absolute Gasteiger partial charge is 0.502 e. The number of hydrogen-bond acceptors (Lipinski definition) is 6. The van der Waals surface area contributed by atoms with Crippen molar-refractivity contribution in [3.05, 3.63) is 63.7 Å². The molecule has 8 nitrogen and oxygen atoms in total. The summed E-state index contributed by atoms with van der Waals surface area (Å²) in [6.45, 7) is 6.10. The Morgan fingerprint density at radius 3 is 2.52 bits per heavy atom. The number of nitrogens with one attached hydrogen (secondary N) is 1. The fourth-order valence-electron chi connectivity index (χ4n) is 2.18. The molecule has 0 saturated heterocycles. The number of hydrogen-bond donors (Lipinski definition) is 2. The highest BCUT2D eigenvalue weighted by atomic mass is 16.6. The van der Waals surface area contributed by atoms with Crippen molar-refractivity contribution in [1.29, 1.82) is 0 Å². The minimum Gasteiger partial charge on any atom is -0.502 e. The van der Waals surface area contributed by atoms with E-state index in [1.165, 1.54) is 18.3 Å². The van der Waals surface area contributed by atoms with Crippen LogP contribution in [0.1, 0.15) is 31.9 Å². The zero-order chi connectivity index (χ0) is 20.0. The van der Waals surface area contributed by atoms with Gasteiger partial charge in [0.25, 0.3) is 5.91 Å². The molecule has 0 radical (unpaired) electrons. The third-order valence-electron chi connectivity index (χ3n) is 3.69. The van der Waals surface area contributed by atoms with Crippen molar-refractivity contribution in [2.75, 3.05) is 6.61 Å². The van der Waals surface area contributed by atoms with Gasteiger partial charge in [-0.15, -0.1) is 0 Å². The zero-order valence-electron chi connectivity index (χ0n) is 15.3. The van der Waals surface area contributed by atoms with E-state index < -0.39 is 22.3 Å². The third kappa shape index (κ3) is 5.81. The van der Waals surface area contributed by atoms with E-state index in [4.69, 9.17) is 4.74 Å². The molecule has 0 aliphatic heterocycles. The van der Waals surface area contributed by atoms with E-state index in [2.05, 4.69) is 31.3 Å². The molecule has 0 heterocycles. The lowest BCUT2D eigenvalue weighted by Gasteiger charge is -2.19. The Morgan fingerprint density at radius 2 is 1.93 bits per heavy atom. The maximum atomic E-state index is 11.8. The predicted molar refractivity (Wildman–Crippen MR) is 101 cm³/mol. The molecule has 0 spiro atoms. The van der Waals surface area contributed by atoms with Gasteiger partial charge in [0.15, 0.2) is 12.4 Å². The molecule has 0 unspecified atom stereocenters. The standard InChI is InChI=1S/C19H21N3O5/c1-19(2,3)14-5-7-15(8-6-14)27-12-18(24)21-20-11-13-4-9-17(23)16(10-13)22(25)26/h4-11,23H,12H2,1-3H3,(H,21,24). The molecular formula is C19H21N3O5. The van der Waals surface area contributed by atoms with E-state index in [1.54, 1.807) is 12.1 Å². The maximum absolute atomic E-state index is 11.8. The molecule has 142 valence electrons. The number of nitrogens with zero attached hydrogens (tertiary/aromatic N) is 2. The van der Waals surface area contributed by atoms with Crippen molar-refractivity contribution in [3.8, 4) is 11.5 Å². The Bertz CT molecular complexity index is 855. The van der Waals surface area contributed by atoms with Gasteiger partial charge >= 0.3 is 5.69 Å². The number of hydrazone groups is 1. The lowest BCUT2D eigenvalue weighted by molar-refractivity contribution is -0.385. The van der Waals surface area contributed by atoms with Crippen molar-refractivity contribution in [1.82, 2.24) is 5.43 Å². The first-order valence-electron chi connectivity index (χ1n) is 8.19. The van der Waals surface area contributed by atoms with Gasteiger partial charge in [-0.1, -0.05) is 32.9 Å². The van der Waals surface area contributed by atoms with Crippen LogP contribution < -0.4 is 10.2 Å². The van der Waals surface area contributed by atoms with E-state index in [0.29, 0.717) is 11.3 Å². The summed E-state index contributed by atoms with van der Waals surface area (Å²) in [4.78, 5) is 21.8. The average Bonchev–Trinajstić information content (AvgIpc) is 2.60. The van der Waals surface area contributed by atoms with E-state index in [0.717, 1.165) is 11.6 Å². The fraction of sp³-hybridized carbons (Fsp3) is 0.263. The number of aromatic hydroxyl groups is 1. The molecular weight excluding hydrogens is 350 g/mol. The Hall–Kier alpha value is -3.42. The van der Waals surface area contributed by atoms with Gasteiger partial charge < -0.3 is 9.84 Å². The summed E-state index contributed by atoms with van der Waals surface area (Å²) in [6.07, 6.45) is 1.24. The van der Waals surface area contributed by atoms with Crippen LogP contribution in [0.5, 0.6) is 11.5 Å². The molecule has 0 saturated carbocycles. The molecule has 0 atom stereocenters. The lowest BCUT2D eigenvalue weighted by Crippen LogP contribution is -2.24.